The van der Waals surface area contributed by atoms with Crippen LogP contribution in [0.2, 0.25) is 0 Å². The van der Waals surface area contributed by atoms with Crippen molar-refractivity contribution < 1.29 is 5.11 Å². The Kier molecular flexibility index (Phi) is 5.30. The van der Waals surface area contributed by atoms with E-state index in [1.54, 1.807) is 0 Å². The molecule has 0 amide bonds. The molecule has 0 aromatic rings. The second kappa shape index (κ2) is 6.62. The fourth-order valence-electron chi connectivity index (χ4n) is 4.08. The van der Waals surface area contributed by atoms with E-state index in [1.165, 1.54) is 37.7 Å². The Bertz CT molecular complexity index is 330. The summed E-state index contributed by atoms with van der Waals surface area (Å²) in [5, 5.41) is 14.5. The molecular weight excluding hydrogens is 246 g/mol. The lowest BCUT2D eigenvalue weighted by atomic mass is 9.73. The summed E-state index contributed by atoms with van der Waals surface area (Å²) in [6.07, 6.45) is 9.89. The standard InChI is InChI=1S/C18H33NO/c1-13(2)16-10-11-18(4,20)17(12-16)19-14(3)15-8-6-5-7-9-15/h14-17,19-20H,1,5-12H2,2-4H3/t14?,16-,17+,18+/m0/s1. The summed E-state index contributed by atoms with van der Waals surface area (Å²) in [6, 6.07) is 0.741. The monoisotopic (exact) mass is 279 g/mol. The maximum Gasteiger partial charge on any atom is 0.0772 e. The lowest BCUT2D eigenvalue weighted by Crippen LogP contribution is -2.56. The third kappa shape index (κ3) is 3.85. The first-order chi connectivity index (χ1) is 9.40. The van der Waals surface area contributed by atoms with Crippen molar-refractivity contribution in [2.24, 2.45) is 11.8 Å². The van der Waals surface area contributed by atoms with Crippen LogP contribution in [0.4, 0.5) is 0 Å². The van der Waals surface area contributed by atoms with Gasteiger partial charge in [0.2, 0.25) is 0 Å². The first-order valence-electron chi connectivity index (χ1n) is 8.54. The molecule has 0 aromatic heterocycles. The molecule has 0 radical (unpaired) electrons. The van der Waals surface area contributed by atoms with Gasteiger partial charge >= 0.3 is 0 Å². The van der Waals surface area contributed by atoms with Crippen LogP contribution in [0.1, 0.15) is 72.1 Å². The molecule has 0 bridgehead atoms. The highest BCUT2D eigenvalue weighted by Crippen LogP contribution is 2.36. The smallest absolute Gasteiger partial charge is 0.0772 e. The molecule has 0 aliphatic heterocycles. The van der Waals surface area contributed by atoms with Crippen molar-refractivity contribution >= 4 is 0 Å². The first-order valence-corrected chi connectivity index (χ1v) is 8.54. The summed E-state index contributed by atoms with van der Waals surface area (Å²) in [4.78, 5) is 0. The highest BCUT2D eigenvalue weighted by atomic mass is 16.3. The number of hydrogen-bond donors (Lipinski definition) is 2. The van der Waals surface area contributed by atoms with Crippen LogP contribution in [0.3, 0.4) is 0 Å². The quantitative estimate of drug-likeness (QED) is 0.761. The molecule has 2 saturated carbocycles. The fourth-order valence-corrected chi connectivity index (χ4v) is 4.08. The average Bonchev–Trinajstić information content (AvgIpc) is 2.41. The molecule has 0 saturated heterocycles. The summed E-state index contributed by atoms with van der Waals surface area (Å²) >= 11 is 0. The zero-order valence-corrected chi connectivity index (χ0v) is 13.6. The van der Waals surface area contributed by atoms with E-state index in [0.717, 1.165) is 25.2 Å². The number of hydrogen-bond acceptors (Lipinski definition) is 2. The summed E-state index contributed by atoms with van der Waals surface area (Å²) in [5.41, 5.74) is 0.715. The summed E-state index contributed by atoms with van der Waals surface area (Å²) in [6.45, 7) is 10.6. The Morgan fingerprint density at radius 3 is 2.50 bits per heavy atom. The second-order valence-corrected chi connectivity index (χ2v) is 7.58. The van der Waals surface area contributed by atoms with E-state index >= 15 is 0 Å². The van der Waals surface area contributed by atoms with Crippen LogP contribution in [0.5, 0.6) is 0 Å². The molecule has 2 fully saturated rings. The van der Waals surface area contributed by atoms with E-state index in [2.05, 4.69) is 25.7 Å². The minimum Gasteiger partial charge on any atom is -0.389 e. The van der Waals surface area contributed by atoms with Crippen LogP contribution >= 0.6 is 0 Å². The summed E-state index contributed by atoms with van der Waals surface area (Å²) in [7, 11) is 0. The molecule has 2 rings (SSSR count). The van der Waals surface area contributed by atoms with Gasteiger partial charge in [-0.3, -0.25) is 0 Å². The summed E-state index contributed by atoms with van der Waals surface area (Å²) < 4.78 is 0. The molecule has 2 nitrogen and oxygen atoms in total. The minimum absolute atomic E-state index is 0.217. The lowest BCUT2D eigenvalue weighted by molar-refractivity contribution is -0.0261. The Morgan fingerprint density at radius 2 is 1.90 bits per heavy atom. The van der Waals surface area contributed by atoms with Gasteiger partial charge in [-0.15, -0.1) is 0 Å². The Morgan fingerprint density at radius 1 is 1.25 bits per heavy atom. The van der Waals surface area contributed by atoms with Crippen molar-refractivity contribution in [1.29, 1.82) is 0 Å². The van der Waals surface area contributed by atoms with Crippen LogP contribution in [-0.4, -0.2) is 22.8 Å². The van der Waals surface area contributed by atoms with Crippen molar-refractivity contribution in [2.45, 2.75) is 89.8 Å². The van der Waals surface area contributed by atoms with Gasteiger partial charge in [0.05, 0.1) is 5.60 Å². The second-order valence-electron chi connectivity index (χ2n) is 7.58. The Labute approximate surface area is 125 Å². The third-order valence-electron chi connectivity index (χ3n) is 5.79. The topological polar surface area (TPSA) is 32.3 Å². The molecule has 2 N–H and O–H groups in total. The zero-order chi connectivity index (χ0) is 14.8. The molecule has 4 atom stereocenters. The van der Waals surface area contributed by atoms with E-state index in [-0.39, 0.29) is 6.04 Å². The zero-order valence-electron chi connectivity index (χ0n) is 13.6. The number of nitrogens with one attached hydrogen (secondary N) is 1. The van der Waals surface area contributed by atoms with Crippen LogP contribution in [0.25, 0.3) is 0 Å². The van der Waals surface area contributed by atoms with Gasteiger partial charge in [0.25, 0.3) is 0 Å². The van der Waals surface area contributed by atoms with Crippen molar-refractivity contribution in [1.82, 2.24) is 5.32 Å². The van der Waals surface area contributed by atoms with E-state index in [4.69, 9.17) is 0 Å². The number of aliphatic hydroxyl groups is 1. The van der Waals surface area contributed by atoms with E-state index in [0.29, 0.717) is 12.0 Å². The first kappa shape index (κ1) is 16.0. The molecule has 116 valence electrons. The van der Waals surface area contributed by atoms with E-state index in [9.17, 15) is 5.11 Å². The van der Waals surface area contributed by atoms with Gasteiger partial charge in [0.1, 0.15) is 0 Å². The van der Waals surface area contributed by atoms with Gasteiger partial charge in [-0.2, -0.15) is 0 Å². The molecule has 2 aliphatic rings. The SMILES string of the molecule is C=C(C)[C@H]1CC[C@@](C)(O)[C@H](NC(C)C2CCCCC2)C1. The van der Waals surface area contributed by atoms with Gasteiger partial charge in [-0.25, -0.2) is 0 Å². The average molecular weight is 279 g/mol. The Balaban J connectivity index is 1.95. The predicted molar refractivity (Wildman–Crippen MR) is 85.7 cm³/mol. The molecule has 20 heavy (non-hydrogen) atoms. The lowest BCUT2D eigenvalue weighted by Gasteiger charge is -2.44. The van der Waals surface area contributed by atoms with E-state index in [1.807, 2.05) is 6.92 Å². The molecule has 1 unspecified atom stereocenters. The van der Waals surface area contributed by atoms with Crippen molar-refractivity contribution in [3.05, 3.63) is 12.2 Å². The van der Waals surface area contributed by atoms with Gasteiger partial charge in [-0.1, -0.05) is 31.4 Å². The Hall–Kier alpha value is -0.340. The predicted octanol–water partition coefficient (Wildman–Crippen LogP) is 4.04. The summed E-state index contributed by atoms with van der Waals surface area (Å²) in [5.74, 6) is 1.37. The van der Waals surface area contributed by atoms with Crippen LogP contribution in [0.15, 0.2) is 12.2 Å². The third-order valence-corrected chi connectivity index (χ3v) is 5.79. The normalized spacial score (nSPS) is 37.6. The van der Waals surface area contributed by atoms with Gasteiger partial charge in [-0.05, 0) is 64.7 Å². The van der Waals surface area contributed by atoms with Crippen LogP contribution in [-0.2, 0) is 0 Å². The van der Waals surface area contributed by atoms with Crippen molar-refractivity contribution in [2.75, 3.05) is 0 Å². The van der Waals surface area contributed by atoms with Crippen LogP contribution in [0, 0.1) is 11.8 Å². The highest BCUT2D eigenvalue weighted by Gasteiger charge is 2.39. The largest absolute Gasteiger partial charge is 0.389 e. The van der Waals surface area contributed by atoms with Gasteiger partial charge in [0, 0.05) is 12.1 Å². The number of allylic oxidation sites excluding steroid dienone is 1. The van der Waals surface area contributed by atoms with Crippen LogP contribution < -0.4 is 5.32 Å². The molecular formula is C18H33NO. The molecule has 0 aromatic carbocycles. The fraction of sp³-hybridized carbons (Fsp3) is 0.889. The molecule has 2 aliphatic carbocycles. The molecule has 0 spiro atoms. The van der Waals surface area contributed by atoms with Crippen molar-refractivity contribution in [3.8, 4) is 0 Å². The molecule has 0 heterocycles. The maximum atomic E-state index is 10.7. The van der Waals surface area contributed by atoms with Crippen molar-refractivity contribution in [3.63, 3.8) is 0 Å². The highest BCUT2D eigenvalue weighted by molar-refractivity contribution is 5.05. The van der Waals surface area contributed by atoms with E-state index < -0.39 is 5.60 Å². The molecule has 2 heteroatoms. The van der Waals surface area contributed by atoms with Gasteiger partial charge < -0.3 is 10.4 Å². The minimum atomic E-state index is -0.561. The maximum absolute atomic E-state index is 10.7. The number of rotatable bonds is 4. The van der Waals surface area contributed by atoms with Gasteiger partial charge in [0.15, 0.2) is 0 Å².